The monoisotopic (exact) mass is 263 g/mol. The molecule has 5 heteroatoms. The molecule has 3 rings (SSSR count). The summed E-state index contributed by atoms with van der Waals surface area (Å²) in [5, 5.41) is 0. The van der Waals surface area contributed by atoms with Gasteiger partial charge >= 0.3 is 0 Å². The molecule has 1 unspecified atom stereocenters. The van der Waals surface area contributed by atoms with Crippen molar-refractivity contribution in [2.75, 3.05) is 53.4 Å². The third-order valence-electron chi connectivity index (χ3n) is 4.35. The van der Waals surface area contributed by atoms with Crippen LogP contribution in [0.15, 0.2) is 12.4 Å². The van der Waals surface area contributed by atoms with Crippen LogP contribution in [0.2, 0.25) is 0 Å². The molecular weight excluding hydrogens is 238 g/mol. The van der Waals surface area contributed by atoms with Crippen LogP contribution in [0.5, 0.6) is 0 Å². The van der Waals surface area contributed by atoms with Gasteiger partial charge in [-0.1, -0.05) is 0 Å². The summed E-state index contributed by atoms with van der Waals surface area (Å²) in [7, 11) is 4.43. The summed E-state index contributed by atoms with van der Waals surface area (Å²) in [5.74, 6) is 1.92. The predicted molar refractivity (Wildman–Crippen MR) is 76.0 cm³/mol. The smallest absolute Gasteiger partial charge is 0.122 e. The Morgan fingerprint density at radius 1 is 1.11 bits per heavy atom. The first-order valence-corrected chi connectivity index (χ1v) is 7.30. The number of rotatable bonds is 2. The minimum Gasteiger partial charge on any atom is -0.333 e. The maximum Gasteiger partial charge on any atom is 0.122 e. The third-order valence-corrected chi connectivity index (χ3v) is 4.35. The highest BCUT2D eigenvalue weighted by Crippen LogP contribution is 2.15. The van der Waals surface area contributed by atoms with E-state index >= 15 is 0 Å². The molecule has 0 amide bonds. The first kappa shape index (κ1) is 13.1. The molecular formula is C14H25N5. The quantitative estimate of drug-likeness (QED) is 0.761. The maximum absolute atomic E-state index is 4.46. The van der Waals surface area contributed by atoms with Crippen molar-refractivity contribution in [1.29, 1.82) is 0 Å². The molecule has 0 saturated carbocycles. The van der Waals surface area contributed by atoms with Gasteiger partial charge < -0.3 is 14.4 Å². The lowest BCUT2D eigenvalue weighted by molar-refractivity contribution is 0.122. The van der Waals surface area contributed by atoms with Crippen LogP contribution in [0.25, 0.3) is 0 Å². The summed E-state index contributed by atoms with van der Waals surface area (Å²) < 4.78 is 2.34. The van der Waals surface area contributed by atoms with Crippen LogP contribution in [-0.2, 0) is 13.1 Å². The van der Waals surface area contributed by atoms with Crippen LogP contribution in [-0.4, -0.2) is 77.6 Å². The van der Waals surface area contributed by atoms with E-state index in [4.69, 9.17) is 0 Å². The second-order valence-corrected chi connectivity index (χ2v) is 6.16. The Morgan fingerprint density at radius 3 is 2.68 bits per heavy atom. The molecule has 2 aliphatic rings. The zero-order chi connectivity index (χ0) is 13.2. The lowest BCUT2D eigenvalue weighted by atomic mass is 10.1. The Morgan fingerprint density at radius 2 is 1.89 bits per heavy atom. The van der Waals surface area contributed by atoms with E-state index in [1.807, 2.05) is 6.20 Å². The zero-order valence-corrected chi connectivity index (χ0v) is 12.1. The predicted octanol–water partition coefficient (Wildman–Crippen LogP) is 0.192. The van der Waals surface area contributed by atoms with Crippen LogP contribution in [0.1, 0.15) is 5.82 Å². The van der Waals surface area contributed by atoms with Gasteiger partial charge in [-0.05, 0) is 14.1 Å². The van der Waals surface area contributed by atoms with E-state index in [9.17, 15) is 0 Å². The highest BCUT2D eigenvalue weighted by Gasteiger charge is 2.23. The van der Waals surface area contributed by atoms with E-state index in [2.05, 4.69) is 44.5 Å². The summed E-state index contributed by atoms with van der Waals surface area (Å²) in [6, 6.07) is 0. The summed E-state index contributed by atoms with van der Waals surface area (Å²) in [5.41, 5.74) is 0. The number of piperazine rings is 1. The molecule has 1 fully saturated rings. The number of fused-ring (bicyclic) bond motifs is 1. The number of hydrogen-bond acceptors (Lipinski definition) is 4. The van der Waals surface area contributed by atoms with Gasteiger partial charge in [0.2, 0.25) is 0 Å². The van der Waals surface area contributed by atoms with E-state index in [1.165, 1.54) is 45.1 Å². The van der Waals surface area contributed by atoms with Crippen molar-refractivity contribution in [2.45, 2.75) is 13.1 Å². The van der Waals surface area contributed by atoms with Gasteiger partial charge in [-0.3, -0.25) is 4.90 Å². The minimum atomic E-state index is 0.712. The van der Waals surface area contributed by atoms with Gasteiger partial charge in [0.1, 0.15) is 5.82 Å². The van der Waals surface area contributed by atoms with Crippen LogP contribution < -0.4 is 0 Å². The molecule has 2 aliphatic heterocycles. The van der Waals surface area contributed by atoms with Gasteiger partial charge in [0.25, 0.3) is 0 Å². The van der Waals surface area contributed by atoms with Gasteiger partial charge in [0, 0.05) is 64.1 Å². The van der Waals surface area contributed by atoms with Gasteiger partial charge in [0.15, 0.2) is 0 Å². The Labute approximate surface area is 115 Å². The Kier molecular flexibility index (Phi) is 3.86. The summed E-state index contributed by atoms with van der Waals surface area (Å²) in [4.78, 5) is 11.9. The topological polar surface area (TPSA) is 27.5 Å². The van der Waals surface area contributed by atoms with Crippen molar-refractivity contribution in [1.82, 2.24) is 24.3 Å². The normalized spacial score (nSPS) is 27.2. The van der Waals surface area contributed by atoms with Crippen LogP contribution in [0, 0.1) is 5.92 Å². The van der Waals surface area contributed by atoms with Crippen LogP contribution in [0.4, 0.5) is 0 Å². The Hall–Kier alpha value is -0.910. The minimum absolute atomic E-state index is 0.712. The Balaban J connectivity index is 1.61. The van der Waals surface area contributed by atoms with Crippen molar-refractivity contribution in [3.05, 3.63) is 18.2 Å². The average molecular weight is 263 g/mol. The molecule has 19 heavy (non-hydrogen) atoms. The lowest BCUT2D eigenvalue weighted by Gasteiger charge is -2.35. The van der Waals surface area contributed by atoms with Crippen LogP contribution in [0.3, 0.4) is 0 Å². The molecule has 1 aromatic heterocycles. The van der Waals surface area contributed by atoms with Crippen molar-refractivity contribution < 1.29 is 0 Å². The van der Waals surface area contributed by atoms with E-state index in [0.29, 0.717) is 5.92 Å². The fourth-order valence-corrected chi connectivity index (χ4v) is 3.25. The fourth-order valence-electron chi connectivity index (χ4n) is 3.25. The maximum atomic E-state index is 4.46. The number of likely N-dealkylation sites (N-methyl/N-ethyl adjacent to an activating group) is 1. The van der Waals surface area contributed by atoms with Gasteiger partial charge in [-0.15, -0.1) is 0 Å². The lowest BCUT2D eigenvalue weighted by Crippen LogP contribution is -2.47. The fraction of sp³-hybridized carbons (Fsp3) is 0.786. The molecule has 0 spiro atoms. The molecule has 1 atom stereocenters. The first-order valence-electron chi connectivity index (χ1n) is 7.30. The molecule has 1 saturated heterocycles. The Bertz CT molecular complexity index is 408. The highest BCUT2D eigenvalue weighted by molar-refractivity contribution is 4.95. The zero-order valence-electron chi connectivity index (χ0n) is 12.1. The van der Waals surface area contributed by atoms with Gasteiger partial charge in [-0.25, -0.2) is 4.98 Å². The van der Waals surface area contributed by atoms with E-state index < -0.39 is 0 Å². The molecule has 0 bridgehead atoms. The standard InChI is InChI=1S/C14H25N5/c1-16-5-7-18(8-6-16)10-13-9-17(2)12-14-15-3-4-19(14)11-13/h3-4,13H,5-12H2,1-2H3. The SMILES string of the molecule is CN1CCN(CC2CN(C)Cc3nccn3C2)CC1. The molecule has 0 aromatic carbocycles. The second kappa shape index (κ2) is 5.61. The number of hydrogen-bond donors (Lipinski definition) is 0. The largest absolute Gasteiger partial charge is 0.333 e. The molecule has 106 valence electrons. The second-order valence-electron chi connectivity index (χ2n) is 6.16. The average Bonchev–Trinajstić information content (AvgIpc) is 2.73. The molecule has 0 radical (unpaired) electrons. The molecule has 3 heterocycles. The van der Waals surface area contributed by atoms with E-state index in [1.54, 1.807) is 0 Å². The van der Waals surface area contributed by atoms with Crippen LogP contribution >= 0.6 is 0 Å². The van der Waals surface area contributed by atoms with Crippen molar-refractivity contribution in [2.24, 2.45) is 5.92 Å². The van der Waals surface area contributed by atoms with Crippen molar-refractivity contribution >= 4 is 0 Å². The number of imidazole rings is 1. The molecule has 0 N–H and O–H groups in total. The van der Waals surface area contributed by atoms with Gasteiger partial charge in [-0.2, -0.15) is 0 Å². The molecule has 1 aromatic rings. The van der Waals surface area contributed by atoms with E-state index in [0.717, 1.165) is 13.1 Å². The number of aromatic nitrogens is 2. The molecule has 5 nitrogen and oxygen atoms in total. The highest BCUT2D eigenvalue weighted by atomic mass is 15.3. The van der Waals surface area contributed by atoms with E-state index in [-0.39, 0.29) is 0 Å². The van der Waals surface area contributed by atoms with Crippen molar-refractivity contribution in [3.8, 4) is 0 Å². The molecule has 0 aliphatic carbocycles. The third kappa shape index (κ3) is 3.16. The van der Waals surface area contributed by atoms with Crippen molar-refractivity contribution in [3.63, 3.8) is 0 Å². The van der Waals surface area contributed by atoms with Gasteiger partial charge in [0.05, 0.1) is 6.54 Å². The summed E-state index contributed by atoms with van der Waals surface area (Å²) >= 11 is 0. The summed E-state index contributed by atoms with van der Waals surface area (Å²) in [6.07, 6.45) is 4.06. The summed E-state index contributed by atoms with van der Waals surface area (Å²) in [6.45, 7) is 9.34. The number of nitrogens with zero attached hydrogens (tertiary/aromatic N) is 5. The first-order chi connectivity index (χ1) is 9.20.